The fourth-order valence-corrected chi connectivity index (χ4v) is 13.7. The average molecular weight is 781 g/mol. The molecule has 13 nitrogen and oxygen atoms in total. The van der Waals surface area contributed by atoms with Crippen LogP contribution in [-0.2, 0) is 23.7 Å². The molecule has 0 spiro atoms. The van der Waals surface area contributed by atoms with Crippen molar-refractivity contribution in [3.8, 4) is 0 Å². The lowest BCUT2D eigenvalue weighted by Crippen LogP contribution is -2.66. The molecule has 5 aliphatic carbocycles. The summed E-state index contributed by atoms with van der Waals surface area (Å²) in [6, 6.07) is 0. The zero-order chi connectivity index (χ0) is 40.3. The van der Waals surface area contributed by atoms with Gasteiger partial charge in [0.25, 0.3) is 0 Å². The Balaban J connectivity index is 1.08. The van der Waals surface area contributed by atoms with Gasteiger partial charge in [-0.05, 0) is 109 Å². The predicted molar refractivity (Wildman–Crippen MR) is 198 cm³/mol. The van der Waals surface area contributed by atoms with Crippen LogP contribution in [0.25, 0.3) is 0 Å². The van der Waals surface area contributed by atoms with Crippen LogP contribution in [0.3, 0.4) is 0 Å². The van der Waals surface area contributed by atoms with Crippen molar-refractivity contribution in [2.75, 3.05) is 13.2 Å². The van der Waals surface area contributed by atoms with Gasteiger partial charge in [0.05, 0.1) is 24.7 Å². The molecule has 7 rings (SSSR count). The number of hydrogen-bond acceptors (Lipinski definition) is 12. The predicted octanol–water partition coefficient (Wildman–Crippen LogP) is 2.88. The molecular weight excluding hydrogens is 712 g/mol. The summed E-state index contributed by atoms with van der Waals surface area (Å²) in [7, 11) is 0. The van der Waals surface area contributed by atoms with Gasteiger partial charge in [-0.2, -0.15) is 0 Å². The van der Waals surface area contributed by atoms with Gasteiger partial charge in [-0.15, -0.1) is 0 Å². The fourth-order valence-electron chi connectivity index (χ4n) is 13.7. The second-order valence-corrected chi connectivity index (χ2v) is 20.7. The topological polar surface area (TPSA) is 216 Å². The van der Waals surface area contributed by atoms with E-state index in [1.165, 1.54) is 5.57 Å². The van der Waals surface area contributed by atoms with E-state index in [4.69, 9.17) is 18.9 Å². The smallest absolute Gasteiger partial charge is 0.310 e. The number of hydrogen-bond donors (Lipinski definition) is 8. The summed E-state index contributed by atoms with van der Waals surface area (Å²) >= 11 is 0. The number of fused-ring (bicyclic) bond motifs is 7. The number of allylic oxidation sites excluding steroid dienone is 2. The summed E-state index contributed by atoms with van der Waals surface area (Å²) < 4.78 is 23.9. The maximum Gasteiger partial charge on any atom is 0.310 e. The molecule has 0 aromatic rings. The van der Waals surface area contributed by atoms with E-state index in [0.29, 0.717) is 12.3 Å². The Morgan fingerprint density at radius 3 is 2.00 bits per heavy atom. The molecule has 0 aromatic carbocycles. The number of aliphatic hydroxyl groups is 7. The van der Waals surface area contributed by atoms with Gasteiger partial charge in [0.1, 0.15) is 48.8 Å². The van der Waals surface area contributed by atoms with E-state index in [1.807, 2.05) is 0 Å². The Hall–Kier alpha value is -1.23. The van der Waals surface area contributed by atoms with Gasteiger partial charge in [0, 0.05) is 0 Å². The molecule has 8 N–H and O–H groups in total. The lowest BCUT2D eigenvalue weighted by molar-refractivity contribution is -0.368. The Morgan fingerprint density at radius 1 is 0.727 bits per heavy atom. The SMILES string of the molecule is CC1(C)CC[C@]2(C(=O)O)CC[C@]3(C)C(=CCC4[C@@]5(C)CC[C@@H](O[C@@H]6O[C@H](CO)[C@@H](O[C@@H]7O[C@H](CO)[C@H](O)[C@H](O)[C@H]7O)[C@H](O)[C@H]6O)C(C)(C)C5CC[C@]43C)[C@@H]2C1. The van der Waals surface area contributed by atoms with E-state index in [-0.39, 0.29) is 45.0 Å². The van der Waals surface area contributed by atoms with Crippen molar-refractivity contribution in [1.29, 1.82) is 0 Å². The van der Waals surface area contributed by atoms with E-state index in [9.17, 15) is 45.6 Å². The van der Waals surface area contributed by atoms with E-state index in [2.05, 4.69) is 54.5 Å². The molecule has 0 bridgehead atoms. The molecule has 0 radical (unpaired) electrons. The van der Waals surface area contributed by atoms with Crippen molar-refractivity contribution in [2.24, 2.45) is 50.2 Å². The van der Waals surface area contributed by atoms with E-state index in [1.54, 1.807) is 0 Å². The number of ether oxygens (including phenoxy) is 4. The Morgan fingerprint density at radius 2 is 1.35 bits per heavy atom. The summed E-state index contributed by atoms with van der Waals surface area (Å²) in [4.78, 5) is 13.0. The van der Waals surface area contributed by atoms with Gasteiger partial charge < -0.3 is 59.8 Å². The summed E-state index contributed by atoms with van der Waals surface area (Å²) in [6.07, 6.45) is -4.17. The molecule has 0 aromatic heterocycles. The number of carboxylic acids is 1. The van der Waals surface area contributed by atoms with Gasteiger partial charge in [-0.3, -0.25) is 4.79 Å². The molecule has 2 unspecified atom stereocenters. The number of aliphatic hydroxyl groups excluding tert-OH is 7. The summed E-state index contributed by atoms with van der Waals surface area (Å²) in [5.74, 6) is 0.0886. The lowest BCUT2D eigenvalue weighted by atomic mass is 9.33. The lowest BCUT2D eigenvalue weighted by Gasteiger charge is -2.71. The molecule has 2 heterocycles. The van der Waals surface area contributed by atoms with Crippen molar-refractivity contribution in [1.82, 2.24) is 0 Å². The molecule has 2 aliphatic heterocycles. The number of rotatable bonds is 7. The van der Waals surface area contributed by atoms with Crippen molar-refractivity contribution in [3.63, 3.8) is 0 Å². The summed E-state index contributed by atoms with van der Waals surface area (Å²) in [6.45, 7) is 15.1. The molecule has 0 amide bonds. The third-order valence-corrected chi connectivity index (χ3v) is 17.3. The van der Waals surface area contributed by atoms with Crippen molar-refractivity contribution in [3.05, 3.63) is 11.6 Å². The zero-order valence-electron chi connectivity index (χ0n) is 33.8. The average Bonchev–Trinajstić information content (AvgIpc) is 3.12. The van der Waals surface area contributed by atoms with Crippen LogP contribution < -0.4 is 0 Å². The minimum Gasteiger partial charge on any atom is -0.481 e. The van der Waals surface area contributed by atoms with Crippen LogP contribution in [0.2, 0.25) is 0 Å². The van der Waals surface area contributed by atoms with Crippen LogP contribution in [0.15, 0.2) is 11.6 Å². The molecule has 7 aliphatic rings. The highest BCUT2D eigenvalue weighted by Gasteiger charge is 2.69. The van der Waals surface area contributed by atoms with Crippen molar-refractivity contribution >= 4 is 5.97 Å². The maximum atomic E-state index is 13.0. The quantitative estimate of drug-likeness (QED) is 0.138. The molecular formula is C42H68O13. The minimum absolute atomic E-state index is 0.00451. The first-order valence-corrected chi connectivity index (χ1v) is 20.8. The second-order valence-electron chi connectivity index (χ2n) is 20.7. The Bertz CT molecular complexity index is 1480. The van der Waals surface area contributed by atoms with E-state index < -0.39 is 86.0 Å². The maximum absolute atomic E-state index is 13.0. The third kappa shape index (κ3) is 6.23. The number of aliphatic carboxylic acids is 1. The summed E-state index contributed by atoms with van der Waals surface area (Å²) in [5, 5.41) is 84.2. The van der Waals surface area contributed by atoms with E-state index in [0.717, 1.165) is 57.8 Å². The molecule has 18 atom stereocenters. The van der Waals surface area contributed by atoms with Gasteiger partial charge in [0.15, 0.2) is 12.6 Å². The van der Waals surface area contributed by atoms with Crippen LogP contribution in [0.4, 0.5) is 0 Å². The van der Waals surface area contributed by atoms with Crippen molar-refractivity contribution < 1.29 is 64.6 Å². The van der Waals surface area contributed by atoms with Gasteiger partial charge >= 0.3 is 5.97 Å². The van der Waals surface area contributed by atoms with Gasteiger partial charge in [0.2, 0.25) is 0 Å². The largest absolute Gasteiger partial charge is 0.481 e. The molecule has 4 saturated carbocycles. The highest BCUT2D eigenvalue weighted by atomic mass is 16.7. The van der Waals surface area contributed by atoms with Crippen LogP contribution >= 0.6 is 0 Å². The van der Waals surface area contributed by atoms with Crippen LogP contribution in [0.1, 0.15) is 113 Å². The monoisotopic (exact) mass is 780 g/mol. The molecule has 314 valence electrons. The van der Waals surface area contributed by atoms with Crippen LogP contribution in [0.5, 0.6) is 0 Å². The Kier molecular flexibility index (Phi) is 10.8. The normalized spacial score (nSPS) is 53.2. The highest BCUT2D eigenvalue weighted by Crippen LogP contribution is 2.76. The first-order valence-electron chi connectivity index (χ1n) is 20.8. The summed E-state index contributed by atoms with van der Waals surface area (Å²) in [5.41, 5.74) is 0.344. The Labute approximate surface area is 325 Å². The van der Waals surface area contributed by atoms with Crippen LogP contribution in [0, 0.1) is 50.2 Å². The minimum atomic E-state index is -1.74. The first-order chi connectivity index (χ1) is 25.6. The molecule has 55 heavy (non-hydrogen) atoms. The molecule has 13 heteroatoms. The zero-order valence-corrected chi connectivity index (χ0v) is 33.8. The van der Waals surface area contributed by atoms with Crippen molar-refractivity contribution in [2.45, 2.75) is 180 Å². The standard InChI is InChI=1S/C42H68O13/c1-37(2)14-16-42(36(50)51)17-15-40(6)21(22(42)18-37)8-9-26-39(5)12-11-27(38(3,4)25(39)10-13-41(26,40)7)54-34-32(49)30(47)33(24(20-44)53-34)55-35-31(48)29(46)28(45)23(19-43)52-35/h8,22-35,43-49H,9-20H2,1-7H3,(H,50,51)/t22-,23+,24+,25?,26?,27+,28-,29-,30+,31+,32+,33+,34-,35-,39-,40+,41+,42-/m0/s1. The van der Waals surface area contributed by atoms with Crippen LogP contribution in [-0.4, -0.2) is 128 Å². The fraction of sp³-hybridized carbons (Fsp3) is 0.929. The van der Waals surface area contributed by atoms with Gasteiger partial charge in [-0.1, -0.05) is 60.1 Å². The number of carbonyl (C=O) groups is 1. The van der Waals surface area contributed by atoms with E-state index >= 15 is 0 Å². The molecule has 2 saturated heterocycles. The number of carboxylic acid groups (broad SMARTS) is 1. The first kappa shape index (κ1) is 41.9. The highest BCUT2D eigenvalue weighted by molar-refractivity contribution is 5.76. The third-order valence-electron chi connectivity index (χ3n) is 17.3. The second kappa shape index (κ2) is 14.2. The molecule has 6 fully saturated rings. The van der Waals surface area contributed by atoms with Gasteiger partial charge in [-0.25, -0.2) is 0 Å².